The maximum atomic E-state index is 14.1. The first-order valence-electron chi connectivity index (χ1n) is 9.52. The number of hydrogen-bond acceptors (Lipinski definition) is 4. The van der Waals surface area contributed by atoms with Gasteiger partial charge in [0.1, 0.15) is 11.6 Å². The summed E-state index contributed by atoms with van der Waals surface area (Å²) in [7, 11) is 0. The van der Waals surface area contributed by atoms with E-state index in [0.29, 0.717) is 26.2 Å². The minimum atomic E-state index is -0.519. The number of carbonyl (C=O) groups excluding carboxylic acids is 3. The van der Waals surface area contributed by atoms with Crippen LogP contribution in [0.5, 0.6) is 0 Å². The fourth-order valence-electron chi connectivity index (χ4n) is 4.49. The molecule has 144 valence electrons. The molecule has 0 aromatic heterocycles. The van der Waals surface area contributed by atoms with Crippen molar-refractivity contribution in [3.8, 4) is 0 Å². The number of ether oxygens (including phenoxy) is 1. The van der Waals surface area contributed by atoms with Gasteiger partial charge in [0, 0.05) is 31.8 Å². The van der Waals surface area contributed by atoms with Gasteiger partial charge in [0.25, 0.3) is 0 Å². The fourth-order valence-corrected chi connectivity index (χ4v) is 4.49. The van der Waals surface area contributed by atoms with E-state index in [1.807, 2.05) is 0 Å². The molecule has 3 unspecified atom stereocenters. The van der Waals surface area contributed by atoms with E-state index in [4.69, 9.17) is 4.74 Å². The third kappa shape index (κ3) is 3.36. The van der Waals surface area contributed by atoms with Crippen LogP contribution in [0.4, 0.5) is 10.1 Å². The second kappa shape index (κ2) is 7.38. The van der Waals surface area contributed by atoms with E-state index in [-0.39, 0.29) is 48.2 Å². The molecule has 3 fully saturated rings. The number of Topliss-reactive ketones (excluding diaryl/α,β-unsaturated/α-hetero) is 1. The molecule has 1 aromatic carbocycles. The lowest BCUT2D eigenvalue weighted by Crippen LogP contribution is -2.54. The number of benzene rings is 1. The summed E-state index contributed by atoms with van der Waals surface area (Å²) in [4.78, 5) is 40.9. The van der Waals surface area contributed by atoms with Gasteiger partial charge in [-0.2, -0.15) is 0 Å². The molecule has 2 saturated heterocycles. The highest BCUT2D eigenvalue weighted by Gasteiger charge is 2.44. The summed E-state index contributed by atoms with van der Waals surface area (Å²) >= 11 is 0. The lowest BCUT2D eigenvalue weighted by Gasteiger charge is -2.39. The molecule has 2 aliphatic heterocycles. The highest BCUT2D eigenvalue weighted by atomic mass is 19.1. The standard InChI is InChI=1S/C20H23FN2O4/c21-15-5-1-2-6-16(15)23-11-13(10-19(23)25)20(26)22-8-9-27-12-17(22)14-4-3-7-18(14)24/h1-2,5-6,13-14,17H,3-4,7-12H2. The highest BCUT2D eigenvalue weighted by Crippen LogP contribution is 2.32. The van der Waals surface area contributed by atoms with Gasteiger partial charge in [-0.05, 0) is 25.0 Å². The molecule has 3 atom stereocenters. The zero-order chi connectivity index (χ0) is 19.0. The van der Waals surface area contributed by atoms with Crippen LogP contribution in [-0.2, 0) is 19.1 Å². The lowest BCUT2D eigenvalue weighted by atomic mass is 9.93. The van der Waals surface area contributed by atoms with Gasteiger partial charge in [0.2, 0.25) is 11.8 Å². The van der Waals surface area contributed by atoms with E-state index < -0.39 is 11.7 Å². The van der Waals surface area contributed by atoms with Crippen molar-refractivity contribution >= 4 is 23.3 Å². The van der Waals surface area contributed by atoms with Crippen LogP contribution in [0, 0.1) is 17.7 Å². The van der Waals surface area contributed by atoms with Gasteiger partial charge in [0.05, 0.1) is 30.9 Å². The largest absolute Gasteiger partial charge is 0.377 e. The molecule has 0 bridgehead atoms. The van der Waals surface area contributed by atoms with Gasteiger partial charge >= 0.3 is 0 Å². The van der Waals surface area contributed by atoms with Crippen LogP contribution in [0.1, 0.15) is 25.7 Å². The average molecular weight is 374 g/mol. The molecule has 2 amide bonds. The Balaban J connectivity index is 1.51. The molecule has 27 heavy (non-hydrogen) atoms. The maximum absolute atomic E-state index is 14.1. The number of amides is 2. The van der Waals surface area contributed by atoms with Crippen LogP contribution in [0.25, 0.3) is 0 Å². The fraction of sp³-hybridized carbons (Fsp3) is 0.550. The molecule has 2 heterocycles. The molecule has 1 aromatic rings. The predicted octanol–water partition coefficient (Wildman–Crippen LogP) is 1.78. The van der Waals surface area contributed by atoms with Gasteiger partial charge < -0.3 is 14.5 Å². The van der Waals surface area contributed by atoms with Crippen molar-refractivity contribution in [3.63, 3.8) is 0 Å². The lowest BCUT2D eigenvalue weighted by molar-refractivity contribution is -0.148. The van der Waals surface area contributed by atoms with Crippen molar-refractivity contribution in [3.05, 3.63) is 30.1 Å². The van der Waals surface area contributed by atoms with Crippen molar-refractivity contribution in [2.45, 2.75) is 31.7 Å². The van der Waals surface area contributed by atoms with E-state index in [1.54, 1.807) is 23.1 Å². The summed E-state index contributed by atoms with van der Waals surface area (Å²) in [5.41, 5.74) is 0.210. The SMILES string of the molecule is O=C1CCCC1C1COCCN1C(=O)C1CC(=O)N(c2ccccc2F)C1. The Bertz CT molecular complexity index is 768. The normalized spacial score (nSPS) is 28.9. The monoisotopic (exact) mass is 374 g/mol. The Kier molecular flexibility index (Phi) is 4.95. The third-order valence-electron chi connectivity index (χ3n) is 5.88. The summed E-state index contributed by atoms with van der Waals surface area (Å²) in [6.45, 7) is 1.39. The second-order valence-corrected chi connectivity index (χ2v) is 7.50. The Morgan fingerprint density at radius 3 is 2.78 bits per heavy atom. The number of halogens is 1. The first-order valence-corrected chi connectivity index (χ1v) is 9.52. The summed E-state index contributed by atoms with van der Waals surface area (Å²) in [6, 6.07) is 5.85. The molecular weight excluding hydrogens is 351 g/mol. The molecule has 3 aliphatic rings. The molecule has 6 nitrogen and oxygen atoms in total. The third-order valence-corrected chi connectivity index (χ3v) is 5.88. The van der Waals surface area contributed by atoms with Gasteiger partial charge in [0.15, 0.2) is 0 Å². The van der Waals surface area contributed by atoms with Crippen molar-refractivity contribution in [1.29, 1.82) is 0 Å². The van der Waals surface area contributed by atoms with Crippen LogP contribution in [0.3, 0.4) is 0 Å². The number of rotatable bonds is 3. The molecular formula is C20H23FN2O4. The van der Waals surface area contributed by atoms with E-state index in [0.717, 1.165) is 12.8 Å². The van der Waals surface area contributed by atoms with Crippen molar-refractivity contribution in [1.82, 2.24) is 4.90 Å². The molecule has 0 N–H and O–H groups in total. The number of para-hydroxylation sites is 1. The molecule has 1 saturated carbocycles. The number of nitrogens with zero attached hydrogens (tertiary/aromatic N) is 2. The summed E-state index contributed by atoms with van der Waals surface area (Å²) in [5, 5.41) is 0. The zero-order valence-corrected chi connectivity index (χ0v) is 15.1. The molecule has 7 heteroatoms. The van der Waals surface area contributed by atoms with E-state index in [9.17, 15) is 18.8 Å². The van der Waals surface area contributed by atoms with E-state index >= 15 is 0 Å². The quantitative estimate of drug-likeness (QED) is 0.809. The van der Waals surface area contributed by atoms with Crippen molar-refractivity contribution in [2.24, 2.45) is 11.8 Å². The Morgan fingerprint density at radius 2 is 2.04 bits per heavy atom. The number of morpholine rings is 1. The molecule has 0 spiro atoms. The van der Waals surface area contributed by atoms with E-state index in [2.05, 4.69) is 0 Å². The second-order valence-electron chi connectivity index (χ2n) is 7.50. The van der Waals surface area contributed by atoms with E-state index in [1.165, 1.54) is 11.0 Å². The minimum absolute atomic E-state index is 0.0653. The predicted molar refractivity (Wildman–Crippen MR) is 95.5 cm³/mol. The maximum Gasteiger partial charge on any atom is 0.228 e. The number of carbonyl (C=O) groups is 3. The number of ketones is 1. The smallest absolute Gasteiger partial charge is 0.228 e. The van der Waals surface area contributed by atoms with Crippen LogP contribution in [0.15, 0.2) is 24.3 Å². The first kappa shape index (κ1) is 18.1. The molecule has 4 rings (SSSR count). The van der Waals surface area contributed by atoms with Crippen LogP contribution < -0.4 is 4.90 Å². The summed E-state index contributed by atoms with van der Waals surface area (Å²) in [5.74, 6) is -1.35. The zero-order valence-electron chi connectivity index (χ0n) is 15.1. The van der Waals surface area contributed by atoms with Crippen molar-refractivity contribution in [2.75, 3.05) is 31.2 Å². The molecule has 1 aliphatic carbocycles. The van der Waals surface area contributed by atoms with Crippen LogP contribution >= 0.6 is 0 Å². The van der Waals surface area contributed by atoms with Crippen LogP contribution in [-0.4, -0.2) is 54.8 Å². The summed E-state index contributed by atoms with van der Waals surface area (Å²) in [6.07, 6.45) is 2.26. The Labute approximate surface area is 157 Å². The summed E-state index contributed by atoms with van der Waals surface area (Å²) < 4.78 is 19.6. The topological polar surface area (TPSA) is 66.9 Å². The van der Waals surface area contributed by atoms with Gasteiger partial charge in [-0.25, -0.2) is 4.39 Å². The molecule has 0 radical (unpaired) electrons. The minimum Gasteiger partial charge on any atom is -0.377 e. The van der Waals surface area contributed by atoms with Gasteiger partial charge in [-0.3, -0.25) is 14.4 Å². The van der Waals surface area contributed by atoms with Gasteiger partial charge in [-0.15, -0.1) is 0 Å². The van der Waals surface area contributed by atoms with Crippen molar-refractivity contribution < 1.29 is 23.5 Å². The Morgan fingerprint density at radius 1 is 1.22 bits per heavy atom. The Hall–Kier alpha value is -2.28. The van der Waals surface area contributed by atoms with Crippen LogP contribution in [0.2, 0.25) is 0 Å². The highest BCUT2D eigenvalue weighted by molar-refractivity contribution is 6.00. The number of hydrogen-bond donors (Lipinski definition) is 0. The van der Waals surface area contributed by atoms with Gasteiger partial charge in [-0.1, -0.05) is 12.1 Å². The average Bonchev–Trinajstić information content (AvgIpc) is 3.27. The number of anilines is 1. The first-order chi connectivity index (χ1) is 13.1.